The molecule has 2 atom stereocenters. The molecule has 3 N–H and O–H groups in total. The third-order valence-corrected chi connectivity index (χ3v) is 6.49. The summed E-state index contributed by atoms with van der Waals surface area (Å²) in [5.41, 5.74) is 1.65. The van der Waals surface area contributed by atoms with Gasteiger partial charge in [-0.05, 0) is 57.2 Å². The summed E-state index contributed by atoms with van der Waals surface area (Å²) in [6, 6.07) is 8.00. The normalized spacial score (nSPS) is 20.3. The van der Waals surface area contributed by atoms with E-state index in [4.69, 9.17) is 4.99 Å². The summed E-state index contributed by atoms with van der Waals surface area (Å²) >= 11 is 0. The number of benzene rings is 1. The van der Waals surface area contributed by atoms with Crippen LogP contribution in [0.4, 0.5) is 0 Å². The molecule has 2 amide bonds. The van der Waals surface area contributed by atoms with Crippen LogP contribution in [0.15, 0.2) is 29.3 Å². The van der Waals surface area contributed by atoms with Crippen LogP contribution < -0.4 is 16.0 Å². The smallest absolute Gasteiger partial charge is 0.251 e. The fraction of sp³-hybridized carbons (Fsp3) is 0.640. The lowest BCUT2D eigenvalue weighted by molar-refractivity contribution is -0.134. The van der Waals surface area contributed by atoms with E-state index in [2.05, 4.69) is 22.9 Å². The van der Waals surface area contributed by atoms with E-state index in [1.165, 1.54) is 12.8 Å². The van der Waals surface area contributed by atoms with Crippen LogP contribution in [0.25, 0.3) is 0 Å². The summed E-state index contributed by atoms with van der Waals surface area (Å²) in [7, 11) is 0. The number of aliphatic imine (C=N–C) groups is 1. The van der Waals surface area contributed by atoms with Gasteiger partial charge in [0.15, 0.2) is 5.96 Å². The second-order valence-electron chi connectivity index (χ2n) is 9.07. The molecule has 1 saturated carbocycles. The molecule has 2 aliphatic rings. The van der Waals surface area contributed by atoms with E-state index < -0.39 is 0 Å². The van der Waals surface area contributed by atoms with Gasteiger partial charge in [0.2, 0.25) is 5.91 Å². The second kappa shape index (κ2) is 11.9. The molecule has 1 saturated heterocycles. The van der Waals surface area contributed by atoms with Crippen molar-refractivity contribution in [3.63, 3.8) is 0 Å². The van der Waals surface area contributed by atoms with Crippen LogP contribution in [-0.2, 0) is 11.3 Å². The predicted molar refractivity (Wildman–Crippen MR) is 129 cm³/mol. The van der Waals surface area contributed by atoms with Gasteiger partial charge in [-0.15, -0.1) is 0 Å². The summed E-state index contributed by atoms with van der Waals surface area (Å²) in [6.45, 7) is 8.91. The van der Waals surface area contributed by atoms with Crippen molar-refractivity contribution in [1.82, 2.24) is 20.9 Å². The fourth-order valence-corrected chi connectivity index (χ4v) is 4.41. The van der Waals surface area contributed by atoms with Crippen molar-refractivity contribution in [2.45, 2.75) is 77.9 Å². The molecule has 32 heavy (non-hydrogen) atoms. The second-order valence-corrected chi connectivity index (χ2v) is 9.07. The molecule has 1 heterocycles. The molecule has 7 heteroatoms. The molecule has 2 unspecified atom stereocenters. The number of nitrogens with one attached hydrogen (secondary N) is 3. The molecule has 1 aromatic carbocycles. The Kier molecular flexibility index (Phi) is 8.94. The number of amides is 2. The van der Waals surface area contributed by atoms with Crippen LogP contribution in [0.5, 0.6) is 0 Å². The van der Waals surface area contributed by atoms with E-state index in [9.17, 15) is 9.59 Å². The van der Waals surface area contributed by atoms with Gasteiger partial charge >= 0.3 is 0 Å². The molecule has 1 aliphatic carbocycles. The summed E-state index contributed by atoms with van der Waals surface area (Å²) in [5.74, 6) is 1.27. The summed E-state index contributed by atoms with van der Waals surface area (Å²) in [6.07, 6.45) is 6.30. The molecule has 1 aromatic rings. The minimum absolute atomic E-state index is 0.0480. The van der Waals surface area contributed by atoms with E-state index in [1.807, 2.05) is 43.0 Å². The van der Waals surface area contributed by atoms with E-state index in [1.54, 1.807) is 0 Å². The van der Waals surface area contributed by atoms with Crippen LogP contribution in [0.1, 0.15) is 75.2 Å². The lowest BCUT2D eigenvalue weighted by atomic mass is 10.1. The highest BCUT2D eigenvalue weighted by molar-refractivity contribution is 5.94. The largest absolute Gasteiger partial charge is 0.357 e. The van der Waals surface area contributed by atoms with Gasteiger partial charge in [0, 0.05) is 43.2 Å². The van der Waals surface area contributed by atoms with E-state index in [0.29, 0.717) is 18.0 Å². The number of likely N-dealkylation sites (tertiary alicyclic amines) is 1. The van der Waals surface area contributed by atoms with Crippen LogP contribution in [0.3, 0.4) is 0 Å². The Morgan fingerprint density at radius 1 is 1.19 bits per heavy atom. The predicted octanol–water partition coefficient (Wildman–Crippen LogP) is 3.06. The molecule has 0 aromatic heterocycles. The van der Waals surface area contributed by atoms with Gasteiger partial charge in [-0.2, -0.15) is 0 Å². The molecule has 7 nitrogen and oxygen atoms in total. The summed E-state index contributed by atoms with van der Waals surface area (Å²) < 4.78 is 0. The van der Waals surface area contributed by atoms with Gasteiger partial charge in [-0.3, -0.25) is 9.59 Å². The van der Waals surface area contributed by atoms with Crippen LogP contribution >= 0.6 is 0 Å². The Morgan fingerprint density at radius 2 is 1.97 bits per heavy atom. The average molecular weight is 442 g/mol. The zero-order chi connectivity index (χ0) is 22.9. The van der Waals surface area contributed by atoms with Gasteiger partial charge < -0.3 is 20.9 Å². The molecule has 1 aliphatic heterocycles. The number of hydrogen-bond donors (Lipinski definition) is 3. The Hall–Kier alpha value is -2.57. The third kappa shape index (κ3) is 6.71. The number of nitrogens with zero attached hydrogens (tertiary/aromatic N) is 2. The van der Waals surface area contributed by atoms with Crippen molar-refractivity contribution < 1.29 is 9.59 Å². The van der Waals surface area contributed by atoms with Crippen LogP contribution in [0.2, 0.25) is 0 Å². The Labute approximate surface area is 192 Å². The molecule has 0 radical (unpaired) electrons. The average Bonchev–Trinajstić information content (AvgIpc) is 3.50. The van der Waals surface area contributed by atoms with E-state index in [-0.39, 0.29) is 23.9 Å². The standard InChI is InChI=1S/C25H39N5O2/c1-4-18(3)28-23(31)21-12-8-9-19(15-21)16-27-25(26-5-2)29-22-13-14-30(17-22)24(32)20-10-6-7-11-20/h8-9,12,15,18,20,22H,4-7,10-11,13-14,16-17H2,1-3H3,(H,28,31)(H2,26,27,29). The quantitative estimate of drug-likeness (QED) is 0.428. The van der Waals surface area contributed by atoms with Gasteiger partial charge in [0.25, 0.3) is 5.91 Å². The fourth-order valence-electron chi connectivity index (χ4n) is 4.41. The maximum absolute atomic E-state index is 12.7. The van der Waals surface area contributed by atoms with Crippen molar-refractivity contribution in [3.8, 4) is 0 Å². The SMILES string of the molecule is CCNC(=NCc1cccc(C(=O)NC(C)CC)c1)NC1CCN(C(=O)C2CCCC2)C1. The van der Waals surface area contributed by atoms with Crippen molar-refractivity contribution in [2.75, 3.05) is 19.6 Å². The first kappa shape index (κ1) is 24.1. The zero-order valence-electron chi connectivity index (χ0n) is 19.8. The van der Waals surface area contributed by atoms with E-state index in [0.717, 1.165) is 56.8 Å². The Bertz CT molecular complexity index is 803. The molecule has 0 bridgehead atoms. The van der Waals surface area contributed by atoms with E-state index >= 15 is 0 Å². The monoisotopic (exact) mass is 441 g/mol. The lowest BCUT2D eigenvalue weighted by Crippen LogP contribution is -2.45. The molecule has 176 valence electrons. The topological polar surface area (TPSA) is 85.8 Å². The first-order valence-corrected chi connectivity index (χ1v) is 12.2. The highest BCUT2D eigenvalue weighted by Gasteiger charge is 2.32. The van der Waals surface area contributed by atoms with Gasteiger partial charge in [0.1, 0.15) is 0 Å². The highest BCUT2D eigenvalue weighted by Crippen LogP contribution is 2.27. The molecular formula is C25H39N5O2. The minimum atomic E-state index is -0.0480. The maximum Gasteiger partial charge on any atom is 0.251 e. The Balaban J connectivity index is 1.56. The van der Waals surface area contributed by atoms with Crippen molar-refractivity contribution in [3.05, 3.63) is 35.4 Å². The van der Waals surface area contributed by atoms with Crippen molar-refractivity contribution >= 4 is 17.8 Å². The third-order valence-electron chi connectivity index (χ3n) is 6.49. The summed E-state index contributed by atoms with van der Waals surface area (Å²) in [5, 5.41) is 9.81. The zero-order valence-corrected chi connectivity index (χ0v) is 19.8. The molecule has 2 fully saturated rings. The van der Waals surface area contributed by atoms with Crippen molar-refractivity contribution in [2.24, 2.45) is 10.9 Å². The van der Waals surface area contributed by atoms with Crippen LogP contribution in [0, 0.1) is 5.92 Å². The highest BCUT2D eigenvalue weighted by atomic mass is 16.2. The first-order chi connectivity index (χ1) is 15.5. The van der Waals surface area contributed by atoms with Gasteiger partial charge in [-0.1, -0.05) is 31.9 Å². The number of hydrogen-bond acceptors (Lipinski definition) is 3. The molecule has 0 spiro atoms. The minimum Gasteiger partial charge on any atom is -0.357 e. The molecular weight excluding hydrogens is 402 g/mol. The maximum atomic E-state index is 12.7. The first-order valence-electron chi connectivity index (χ1n) is 12.2. The van der Waals surface area contributed by atoms with Crippen LogP contribution in [-0.4, -0.2) is 54.4 Å². The molecule has 3 rings (SSSR count). The number of carbonyl (C=O) groups is 2. The number of guanidine groups is 1. The Morgan fingerprint density at radius 3 is 2.69 bits per heavy atom. The van der Waals surface area contributed by atoms with Gasteiger partial charge in [0.05, 0.1) is 6.54 Å². The number of carbonyl (C=O) groups excluding carboxylic acids is 2. The number of rotatable bonds is 8. The lowest BCUT2D eigenvalue weighted by Gasteiger charge is -2.21. The summed E-state index contributed by atoms with van der Waals surface area (Å²) in [4.78, 5) is 31.9. The van der Waals surface area contributed by atoms with Gasteiger partial charge in [-0.25, -0.2) is 4.99 Å². The van der Waals surface area contributed by atoms with Crippen molar-refractivity contribution in [1.29, 1.82) is 0 Å².